The molecule has 0 aliphatic rings. The third-order valence-electron chi connectivity index (χ3n) is 5.55. The fraction of sp³-hybridized carbons (Fsp3) is 0.391. The van der Waals surface area contributed by atoms with E-state index >= 15 is 0 Å². The molecule has 4 amide bonds. The number of amides is 4. The van der Waals surface area contributed by atoms with E-state index in [4.69, 9.17) is 16.6 Å². The van der Waals surface area contributed by atoms with Crippen LogP contribution in [0.5, 0.6) is 0 Å². The smallest absolute Gasteiger partial charge is 0.326 e. The summed E-state index contributed by atoms with van der Waals surface area (Å²) in [5.41, 5.74) is 12.0. The van der Waals surface area contributed by atoms with Crippen LogP contribution in [0.3, 0.4) is 0 Å². The lowest BCUT2D eigenvalue weighted by molar-refractivity contribution is -0.144. The average Bonchev–Trinajstić information content (AvgIpc) is 3.23. The van der Waals surface area contributed by atoms with Gasteiger partial charge in [-0.05, 0) is 18.6 Å². The fourth-order valence-corrected chi connectivity index (χ4v) is 3.61. The molecule has 5 unspecified atom stereocenters. The van der Waals surface area contributed by atoms with Crippen molar-refractivity contribution in [3.8, 4) is 0 Å². The Balaban J connectivity index is 2.29. The molecule has 38 heavy (non-hydrogen) atoms. The number of rotatable bonds is 14. The number of aliphatic hydroxyl groups is 1. The van der Waals surface area contributed by atoms with E-state index < -0.39 is 78.7 Å². The maximum absolute atomic E-state index is 13.2. The quantitative estimate of drug-likeness (QED) is 0.121. The van der Waals surface area contributed by atoms with Gasteiger partial charge in [0.15, 0.2) is 0 Å². The number of benzene rings is 1. The standard InChI is InChI=1S/C23H30N6O9/c1-10(30)19(22(36)28-16(23(37)38)8-17(25)31)29-21(35)15(27-20(34)13(24)7-18(32)33)6-11-9-26-14-5-3-2-4-12(11)14/h2-5,9-10,13,15-16,19,26,30H,6-8,24H2,1H3,(H2,25,31)(H,27,34)(H,28,36)(H,29,35)(H,32,33)(H,37,38). The number of aromatic nitrogens is 1. The van der Waals surface area contributed by atoms with Crippen molar-refractivity contribution in [1.29, 1.82) is 0 Å². The number of primary amides is 1. The molecule has 0 saturated heterocycles. The van der Waals surface area contributed by atoms with Gasteiger partial charge in [0.25, 0.3) is 0 Å². The fourth-order valence-electron chi connectivity index (χ4n) is 3.61. The van der Waals surface area contributed by atoms with Crippen molar-refractivity contribution in [2.45, 2.75) is 56.5 Å². The van der Waals surface area contributed by atoms with Crippen LogP contribution in [0.15, 0.2) is 30.5 Å². The van der Waals surface area contributed by atoms with Gasteiger partial charge in [-0.1, -0.05) is 18.2 Å². The molecule has 2 aromatic rings. The lowest BCUT2D eigenvalue weighted by atomic mass is 10.0. The SMILES string of the molecule is CC(O)C(NC(=O)C(Cc1c[nH]c2ccccc12)NC(=O)C(N)CC(=O)O)C(=O)NC(CC(N)=O)C(=O)O. The highest BCUT2D eigenvalue weighted by Gasteiger charge is 2.33. The second-order valence-electron chi connectivity index (χ2n) is 8.63. The Bertz CT molecular complexity index is 1210. The van der Waals surface area contributed by atoms with Gasteiger partial charge in [-0.25, -0.2) is 4.79 Å². The Kier molecular flexibility index (Phi) is 10.3. The molecule has 0 aliphatic heterocycles. The van der Waals surface area contributed by atoms with Gasteiger partial charge in [-0.15, -0.1) is 0 Å². The van der Waals surface area contributed by atoms with Crippen LogP contribution in [0.2, 0.25) is 0 Å². The molecular weight excluding hydrogens is 504 g/mol. The van der Waals surface area contributed by atoms with E-state index in [1.54, 1.807) is 30.5 Å². The van der Waals surface area contributed by atoms with E-state index in [0.29, 0.717) is 5.56 Å². The van der Waals surface area contributed by atoms with Crippen LogP contribution in [-0.4, -0.2) is 86.1 Å². The van der Waals surface area contributed by atoms with Crippen molar-refractivity contribution in [3.05, 3.63) is 36.0 Å². The van der Waals surface area contributed by atoms with Crippen LogP contribution < -0.4 is 27.4 Å². The Morgan fingerprint density at radius 2 is 1.55 bits per heavy atom. The highest BCUT2D eigenvalue weighted by molar-refractivity contribution is 5.96. The third kappa shape index (κ3) is 8.28. The molecule has 15 heteroatoms. The number of carboxylic acids is 2. The molecule has 206 valence electrons. The summed E-state index contributed by atoms with van der Waals surface area (Å²) in [6.07, 6.45) is -1.48. The average molecular weight is 535 g/mol. The molecular formula is C23H30N6O9. The van der Waals surface area contributed by atoms with Gasteiger partial charge in [-0.3, -0.25) is 24.0 Å². The first kappa shape index (κ1) is 29.7. The Morgan fingerprint density at radius 1 is 0.921 bits per heavy atom. The first-order valence-corrected chi connectivity index (χ1v) is 11.4. The lowest BCUT2D eigenvalue weighted by Gasteiger charge is -2.26. The predicted molar refractivity (Wildman–Crippen MR) is 131 cm³/mol. The predicted octanol–water partition coefficient (Wildman–Crippen LogP) is -2.69. The molecule has 0 bridgehead atoms. The zero-order valence-corrected chi connectivity index (χ0v) is 20.3. The molecule has 1 aromatic carbocycles. The summed E-state index contributed by atoms with van der Waals surface area (Å²) < 4.78 is 0. The number of aliphatic hydroxyl groups excluding tert-OH is 1. The van der Waals surface area contributed by atoms with Gasteiger partial charge in [0.1, 0.15) is 18.1 Å². The lowest BCUT2D eigenvalue weighted by Crippen LogP contribution is -2.60. The molecule has 0 fully saturated rings. The Hall–Kier alpha value is -4.50. The molecule has 0 aliphatic carbocycles. The van der Waals surface area contributed by atoms with E-state index in [1.807, 2.05) is 5.32 Å². The van der Waals surface area contributed by atoms with Crippen molar-refractivity contribution in [2.75, 3.05) is 0 Å². The number of hydrogen-bond acceptors (Lipinski definition) is 8. The second kappa shape index (κ2) is 13.2. The van der Waals surface area contributed by atoms with Crippen molar-refractivity contribution in [1.82, 2.24) is 20.9 Å². The Morgan fingerprint density at radius 3 is 2.13 bits per heavy atom. The first-order valence-electron chi connectivity index (χ1n) is 11.4. The summed E-state index contributed by atoms with van der Waals surface area (Å²) in [6.45, 7) is 1.16. The van der Waals surface area contributed by atoms with Crippen molar-refractivity contribution >= 4 is 46.5 Å². The van der Waals surface area contributed by atoms with Crippen LogP contribution in [0.25, 0.3) is 10.9 Å². The highest BCUT2D eigenvalue weighted by atomic mass is 16.4. The number of hydrogen-bond donors (Lipinski definition) is 9. The summed E-state index contributed by atoms with van der Waals surface area (Å²) in [4.78, 5) is 74.9. The molecule has 0 radical (unpaired) electrons. The number of nitrogens with one attached hydrogen (secondary N) is 4. The van der Waals surface area contributed by atoms with E-state index in [1.165, 1.54) is 0 Å². The number of para-hydroxylation sites is 1. The zero-order valence-electron chi connectivity index (χ0n) is 20.3. The van der Waals surface area contributed by atoms with Crippen LogP contribution in [0.1, 0.15) is 25.3 Å². The van der Waals surface area contributed by atoms with Crippen LogP contribution >= 0.6 is 0 Å². The number of nitrogens with two attached hydrogens (primary N) is 2. The summed E-state index contributed by atoms with van der Waals surface area (Å²) in [5, 5.41) is 35.7. The maximum atomic E-state index is 13.2. The van der Waals surface area contributed by atoms with Crippen molar-refractivity contribution < 1.29 is 44.1 Å². The van der Waals surface area contributed by atoms with Crippen LogP contribution in [-0.2, 0) is 35.2 Å². The first-order chi connectivity index (χ1) is 17.8. The van der Waals surface area contributed by atoms with E-state index in [9.17, 15) is 39.0 Å². The van der Waals surface area contributed by atoms with Gasteiger partial charge in [0.2, 0.25) is 23.6 Å². The number of aromatic amines is 1. The third-order valence-corrected chi connectivity index (χ3v) is 5.55. The Labute approximate surface area is 215 Å². The number of fused-ring (bicyclic) bond motifs is 1. The van der Waals surface area contributed by atoms with Crippen molar-refractivity contribution in [2.24, 2.45) is 11.5 Å². The number of aliphatic carboxylic acids is 2. The molecule has 0 saturated carbocycles. The van der Waals surface area contributed by atoms with Gasteiger partial charge in [0.05, 0.1) is 25.0 Å². The number of carbonyl (C=O) groups excluding carboxylic acids is 4. The minimum atomic E-state index is -1.71. The van der Waals surface area contributed by atoms with E-state index in [-0.39, 0.29) is 6.42 Å². The van der Waals surface area contributed by atoms with Gasteiger partial charge >= 0.3 is 11.9 Å². The summed E-state index contributed by atoms with van der Waals surface area (Å²) in [5.74, 6) is -6.92. The van der Waals surface area contributed by atoms with E-state index in [0.717, 1.165) is 17.8 Å². The summed E-state index contributed by atoms with van der Waals surface area (Å²) in [6, 6.07) is 0.839. The number of H-pyrrole nitrogens is 1. The molecule has 5 atom stereocenters. The topological polar surface area (TPSA) is 267 Å². The molecule has 15 nitrogen and oxygen atoms in total. The van der Waals surface area contributed by atoms with Gasteiger partial charge in [0, 0.05) is 23.5 Å². The number of carbonyl (C=O) groups is 6. The largest absolute Gasteiger partial charge is 0.481 e. The molecule has 0 spiro atoms. The van der Waals surface area contributed by atoms with Crippen LogP contribution in [0.4, 0.5) is 0 Å². The normalized spacial score (nSPS) is 14.9. The molecule has 2 rings (SSSR count). The maximum Gasteiger partial charge on any atom is 0.326 e. The molecule has 1 aromatic heterocycles. The van der Waals surface area contributed by atoms with Gasteiger partial charge in [-0.2, -0.15) is 0 Å². The summed E-state index contributed by atoms with van der Waals surface area (Å²) in [7, 11) is 0. The minimum absolute atomic E-state index is 0.116. The zero-order chi connectivity index (χ0) is 28.6. The van der Waals surface area contributed by atoms with E-state index in [2.05, 4.69) is 15.6 Å². The van der Waals surface area contributed by atoms with Gasteiger partial charge < -0.3 is 47.7 Å². The summed E-state index contributed by atoms with van der Waals surface area (Å²) >= 11 is 0. The second-order valence-corrected chi connectivity index (χ2v) is 8.63. The number of carboxylic acid groups (broad SMARTS) is 2. The van der Waals surface area contributed by atoms with Crippen molar-refractivity contribution in [3.63, 3.8) is 0 Å². The molecule has 11 N–H and O–H groups in total. The monoisotopic (exact) mass is 534 g/mol. The molecule has 1 heterocycles. The minimum Gasteiger partial charge on any atom is -0.481 e. The van der Waals surface area contributed by atoms with Crippen LogP contribution in [0, 0.1) is 0 Å². The highest BCUT2D eigenvalue weighted by Crippen LogP contribution is 2.19.